The van der Waals surface area contributed by atoms with E-state index in [0.29, 0.717) is 15.1 Å². The molecule has 0 unspecified atom stereocenters. The second kappa shape index (κ2) is 9.48. The lowest BCUT2D eigenvalue weighted by molar-refractivity contribution is -0.114. The highest BCUT2D eigenvalue weighted by Crippen LogP contribution is 2.40. The summed E-state index contributed by atoms with van der Waals surface area (Å²) in [6, 6.07) is 13.0. The van der Waals surface area contributed by atoms with E-state index in [-0.39, 0.29) is 38.7 Å². The molecule has 35 heavy (non-hydrogen) atoms. The van der Waals surface area contributed by atoms with Crippen LogP contribution in [0.2, 0.25) is 0 Å². The van der Waals surface area contributed by atoms with E-state index < -0.39 is 17.1 Å². The van der Waals surface area contributed by atoms with Crippen molar-refractivity contribution in [2.75, 3.05) is 5.32 Å². The lowest BCUT2D eigenvalue weighted by Crippen LogP contribution is -2.37. The molecule has 4 aromatic rings. The number of anilines is 1. The van der Waals surface area contributed by atoms with Gasteiger partial charge in [0.15, 0.2) is 5.65 Å². The van der Waals surface area contributed by atoms with Gasteiger partial charge in [-0.15, -0.1) is 0 Å². The van der Waals surface area contributed by atoms with Crippen molar-refractivity contribution in [2.45, 2.75) is 16.8 Å². The fourth-order valence-corrected chi connectivity index (χ4v) is 4.95. The molecular weight excluding hydrogens is 537 g/mol. The van der Waals surface area contributed by atoms with Crippen molar-refractivity contribution in [3.8, 4) is 17.2 Å². The van der Waals surface area contributed by atoms with Gasteiger partial charge in [-0.3, -0.25) is 18.7 Å². The molecule has 176 valence electrons. The summed E-state index contributed by atoms with van der Waals surface area (Å²) >= 11 is 4.54. The third-order valence-electron chi connectivity index (χ3n) is 5.25. The van der Waals surface area contributed by atoms with E-state index in [1.165, 1.54) is 43.8 Å². The number of halogens is 2. The molecule has 0 spiro atoms. The average molecular weight is 554 g/mol. The number of carbonyl (C=O) groups excluding carboxylic acids is 1. The number of hydrogen-bond donors (Lipinski definition) is 1. The van der Waals surface area contributed by atoms with Crippen molar-refractivity contribution in [2.24, 2.45) is 14.1 Å². The number of pyridine rings is 1. The van der Waals surface area contributed by atoms with Crippen LogP contribution < -0.4 is 16.6 Å². The van der Waals surface area contributed by atoms with Gasteiger partial charge in [-0.05, 0) is 42.5 Å². The molecule has 2 aromatic heterocycles. The molecule has 1 amide bonds. The number of aromatic nitrogens is 3. The summed E-state index contributed by atoms with van der Waals surface area (Å²) in [5, 5.41) is 13.1. The summed E-state index contributed by atoms with van der Waals surface area (Å²) in [5.41, 5.74) is -0.0285. The summed E-state index contributed by atoms with van der Waals surface area (Å²) in [6.45, 7) is 1.40. The van der Waals surface area contributed by atoms with Crippen molar-refractivity contribution in [3.63, 3.8) is 0 Å². The van der Waals surface area contributed by atoms with Gasteiger partial charge in [-0.2, -0.15) is 5.26 Å². The summed E-state index contributed by atoms with van der Waals surface area (Å²) < 4.78 is 16.9. The van der Waals surface area contributed by atoms with E-state index in [0.717, 1.165) is 16.3 Å². The summed E-state index contributed by atoms with van der Waals surface area (Å²) in [5.74, 6) is -0.761. The van der Waals surface area contributed by atoms with Gasteiger partial charge in [-0.25, -0.2) is 14.2 Å². The molecule has 2 heterocycles. The van der Waals surface area contributed by atoms with Gasteiger partial charge in [0.2, 0.25) is 5.91 Å². The maximum atomic E-state index is 14.3. The van der Waals surface area contributed by atoms with E-state index >= 15 is 0 Å². The second-order valence-electron chi connectivity index (χ2n) is 7.61. The maximum Gasteiger partial charge on any atom is 0.332 e. The standard InChI is InChI=1S/C24H17BrFN5O3S/c1-12(32)28-14-5-7-15(8-6-14)35-22-17(11-27)19(16-10-13(26)4-9-18(16)25)20-21(29-22)30(2)24(34)31(3)23(20)33/h4-10H,1-3H3,(H,28,32). The first-order chi connectivity index (χ1) is 16.6. The first kappa shape index (κ1) is 24.4. The zero-order valence-electron chi connectivity index (χ0n) is 18.7. The van der Waals surface area contributed by atoms with Crippen molar-refractivity contribution in [1.82, 2.24) is 14.1 Å². The van der Waals surface area contributed by atoms with Gasteiger partial charge in [0, 0.05) is 47.2 Å². The van der Waals surface area contributed by atoms with E-state index in [1.807, 2.05) is 0 Å². The number of nitrogens with zero attached hydrogens (tertiary/aromatic N) is 4. The Morgan fingerprint density at radius 3 is 2.46 bits per heavy atom. The maximum absolute atomic E-state index is 14.3. The Kier molecular flexibility index (Phi) is 6.60. The third kappa shape index (κ3) is 4.50. The van der Waals surface area contributed by atoms with Crippen LogP contribution >= 0.6 is 27.7 Å². The fraction of sp³-hybridized carbons (Fsp3) is 0.125. The van der Waals surface area contributed by atoms with Crippen LogP contribution in [-0.2, 0) is 18.9 Å². The first-order valence-corrected chi connectivity index (χ1v) is 11.8. The lowest BCUT2D eigenvalue weighted by Gasteiger charge is -2.16. The highest BCUT2D eigenvalue weighted by molar-refractivity contribution is 9.10. The summed E-state index contributed by atoms with van der Waals surface area (Å²) in [6.07, 6.45) is 0. The number of aryl methyl sites for hydroxylation is 1. The van der Waals surface area contributed by atoms with Crippen molar-refractivity contribution < 1.29 is 9.18 Å². The Hall–Kier alpha value is -3.75. The molecule has 11 heteroatoms. The van der Waals surface area contributed by atoms with Crippen LogP contribution in [-0.4, -0.2) is 20.0 Å². The monoisotopic (exact) mass is 553 g/mol. The minimum atomic E-state index is -0.644. The minimum Gasteiger partial charge on any atom is -0.326 e. The smallest absolute Gasteiger partial charge is 0.326 e. The van der Waals surface area contributed by atoms with Crippen LogP contribution in [0.1, 0.15) is 12.5 Å². The number of amides is 1. The van der Waals surface area contributed by atoms with Crippen LogP contribution in [0.3, 0.4) is 0 Å². The number of nitrogens with one attached hydrogen (secondary N) is 1. The van der Waals surface area contributed by atoms with Crippen LogP contribution in [0.15, 0.2) is 66.4 Å². The molecule has 0 fully saturated rings. The lowest BCUT2D eigenvalue weighted by atomic mass is 9.98. The fourth-order valence-electron chi connectivity index (χ4n) is 3.62. The van der Waals surface area contributed by atoms with E-state index in [2.05, 4.69) is 32.3 Å². The van der Waals surface area contributed by atoms with Crippen LogP contribution in [0.25, 0.3) is 22.2 Å². The van der Waals surface area contributed by atoms with Crippen LogP contribution in [0.5, 0.6) is 0 Å². The molecule has 0 saturated carbocycles. The summed E-state index contributed by atoms with van der Waals surface area (Å²) in [7, 11) is 2.81. The summed E-state index contributed by atoms with van der Waals surface area (Å²) in [4.78, 5) is 42.3. The Labute approximate surface area is 211 Å². The molecule has 0 bridgehead atoms. The molecule has 4 rings (SSSR count). The quantitative estimate of drug-likeness (QED) is 0.406. The number of benzene rings is 2. The van der Waals surface area contributed by atoms with E-state index in [1.54, 1.807) is 24.3 Å². The van der Waals surface area contributed by atoms with Gasteiger partial charge in [-0.1, -0.05) is 27.7 Å². The number of carbonyl (C=O) groups is 1. The molecule has 0 aliphatic carbocycles. The third-order valence-corrected chi connectivity index (χ3v) is 6.94. The predicted octanol–water partition coefficient (Wildman–Crippen LogP) is 4.18. The Morgan fingerprint density at radius 2 is 1.83 bits per heavy atom. The molecule has 0 saturated heterocycles. The highest BCUT2D eigenvalue weighted by Gasteiger charge is 2.24. The van der Waals surface area contributed by atoms with E-state index in [4.69, 9.17) is 0 Å². The molecule has 0 atom stereocenters. The zero-order valence-corrected chi connectivity index (χ0v) is 21.1. The highest BCUT2D eigenvalue weighted by atomic mass is 79.9. The van der Waals surface area contributed by atoms with Crippen LogP contribution in [0, 0.1) is 17.1 Å². The first-order valence-electron chi connectivity index (χ1n) is 10.2. The van der Waals surface area contributed by atoms with Crippen molar-refractivity contribution in [3.05, 3.63) is 79.2 Å². The Morgan fingerprint density at radius 1 is 1.14 bits per heavy atom. The Balaban J connectivity index is 2.05. The van der Waals surface area contributed by atoms with Gasteiger partial charge in [0.1, 0.15) is 16.9 Å². The Bertz CT molecular complexity index is 1670. The van der Waals surface area contributed by atoms with Gasteiger partial charge in [0.05, 0.1) is 10.9 Å². The number of hydrogen-bond acceptors (Lipinski definition) is 6. The molecular formula is C24H17BrFN5O3S. The van der Waals surface area contributed by atoms with E-state index in [9.17, 15) is 24.0 Å². The van der Waals surface area contributed by atoms with Gasteiger partial charge in [0.25, 0.3) is 5.56 Å². The molecule has 1 N–H and O–H groups in total. The van der Waals surface area contributed by atoms with Crippen molar-refractivity contribution in [1.29, 1.82) is 5.26 Å². The van der Waals surface area contributed by atoms with Crippen molar-refractivity contribution >= 4 is 50.3 Å². The van der Waals surface area contributed by atoms with Gasteiger partial charge >= 0.3 is 5.69 Å². The number of fused-ring (bicyclic) bond motifs is 1. The molecule has 0 aliphatic heterocycles. The normalized spacial score (nSPS) is 10.9. The molecule has 2 aromatic carbocycles. The molecule has 0 aliphatic rings. The average Bonchev–Trinajstić information content (AvgIpc) is 2.83. The predicted molar refractivity (Wildman–Crippen MR) is 135 cm³/mol. The number of rotatable bonds is 4. The zero-order chi connectivity index (χ0) is 25.4. The number of nitriles is 1. The molecule has 0 radical (unpaired) electrons. The minimum absolute atomic E-state index is 0.0304. The second-order valence-corrected chi connectivity index (χ2v) is 9.53. The molecule has 8 nitrogen and oxygen atoms in total. The largest absolute Gasteiger partial charge is 0.332 e. The van der Waals surface area contributed by atoms with Crippen LogP contribution in [0.4, 0.5) is 10.1 Å². The topological polar surface area (TPSA) is 110 Å². The SMILES string of the molecule is CC(=O)Nc1ccc(Sc2nc3c(c(-c4cc(F)ccc4Br)c2C#N)c(=O)n(C)c(=O)n3C)cc1. The van der Waals surface area contributed by atoms with Gasteiger partial charge < -0.3 is 5.32 Å².